The van der Waals surface area contributed by atoms with Crippen LogP contribution in [0.25, 0.3) is 0 Å². The lowest BCUT2D eigenvalue weighted by atomic mass is 10.2. The lowest BCUT2D eigenvalue weighted by Gasteiger charge is -2.33. The van der Waals surface area contributed by atoms with Gasteiger partial charge in [0.05, 0.1) is 0 Å². The van der Waals surface area contributed by atoms with Crippen LogP contribution in [0.3, 0.4) is 0 Å². The van der Waals surface area contributed by atoms with Gasteiger partial charge in [0, 0.05) is 31.1 Å². The summed E-state index contributed by atoms with van der Waals surface area (Å²) in [6.07, 6.45) is 1.61. The van der Waals surface area contributed by atoms with Crippen LogP contribution in [-0.4, -0.2) is 61.3 Å². The maximum atomic E-state index is 12.3. The van der Waals surface area contributed by atoms with Gasteiger partial charge in [0.25, 0.3) is 5.91 Å². The minimum absolute atomic E-state index is 0.0760. The van der Waals surface area contributed by atoms with Gasteiger partial charge in [0.2, 0.25) is 0 Å². The Morgan fingerprint density at radius 2 is 1.80 bits per heavy atom. The lowest BCUT2D eigenvalue weighted by Crippen LogP contribution is -2.50. The van der Waals surface area contributed by atoms with E-state index in [1.165, 1.54) is 4.90 Å². The second-order valence-electron chi connectivity index (χ2n) is 5.06. The molecule has 0 aliphatic carbocycles. The first kappa shape index (κ1) is 15.2. The monoisotopic (exact) mass is 294 g/mol. The predicted octanol–water partition coefficient (Wildman–Crippen LogP) is 1.95. The average Bonchev–Trinajstić information content (AvgIpc) is 2.48. The van der Waals surface area contributed by atoms with Crippen molar-refractivity contribution in [2.45, 2.75) is 17.9 Å². The summed E-state index contributed by atoms with van der Waals surface area (Å²) in [5.41, 5.74) is 0. The van der Waals surface area contributed by atoms with Gasteiger partial charge in [-0.05, 0) is 44.5 Å². The highest BCUT2D eigenvalue weighted by molar-refractivity contribution is 7.98. The van der Waals surface area contributed by atoms with Crippen LogP contribution in [0.5, 0.6) is 5.75 Å². The van der Waals surface area contributed by atoms with Crippen LogP contribution in [0.4, 0.5) is 0 Å². The van der Waals surface area contributed by atoms with Crippen LogP contribution in [0, 0.1) is 0 Å². The lowest BCUT2D eigenvalue weighted by molar-refractivity contribution is -0.139. The second kappa shape index (κ2) is 6.99. The summed E-state index contributed by atoms with van der Waals surface area (Å²) < 4.78 is 5.74. The predicted molar refractivity (Wildman–Crippen MR) is 82.4 cm³/mol. The zero-order chi connectivity index (χ0) is 14.5. The third-order valence-electron chi connectivity index (χ3n) is 3.54. The van der Waals surface area contributed by atoms with Crippen LogP contribution >= 0.6 is 11.8 Å². The molecule has 0 aromatic heterocycles. The molecule has 0 radical (unpaired) electrons. The van der Waals surface area contributed by atoms with Gasteiger partial charge < -0.3 is 14.5 Å². The van der Waals surface area contributed by atoms with Crippen molar-refractivity contribution in [1.82, 2.24) is 9.80 Å². The van der Waals surface area contributed by atoms with Crippen LogP contribution in [0.1, 0.15) is 6.92 Å². The standard InChI is InChI=1S/C15H22N2O2S/c1-12(15(18)17-10-8-16(2)9-11-17)19-13-4-6-14(20-3)7-5-13/h4-7,12H,8-11H2,1-3H3/t12-/m0/s1. The van der Waals surface area contributed by atoms with Gasteiger partial charge in [-0.25, -0.2) is 0 Å². The fourth-order valence-electron chi connectivity index (χ4n) is 2.19. The number of likely N-dealkylation sites (N-methyl/N-ethyl adjacent to an activating group) is 1. The molecule has 110 valence electrons. The number of rotatable bonds is 4. The van der Waals surface area contributed by atoms with E-state index < -0.39 is 6.10 Å². The molecule has 5 heteroatoms. The number of nitrogens with zero attached hydrogens (tertiary/aromatic N) is 2. The number of ether oxygens (including phenoxy) is 1. The van der Waals surface area contributed by atoms with Crippen molar-refractivity contribution in [3.05, 3.63) is 24.3 Å². The zero-order valence-corrected chi connectivity index (χ0v) is 13.2. The third kappa shape index (κ3) is 3.90. The van der Waals surface area contributed by atoms with Crippen LogP contribution in [-0.2, 0) is 4.79 Å². The number of carbonyl (C=O) groups excluding carboxylic acids is 1. The number of hydrogen-bond donors (Lipinski definition) is 0. The van der Waals surface area contributed by atoms with Crippen molar-refractivity contribution in [3.63, 3.8) is 0 Å². The summed E-state index contributed by atoms with van der Waals surface area (Å²) in [5.74, 6) is 0.824. The van der Waals surface area contributed by atoms with E-state index in [1.54, 1.807) is 11.8 Å². The fraction of sp³-hybridized carbons (Fsp3) is 0.533. The van der Waals surface area contributed by atoms with E-state index >= 15 is 0 Å². The van der Waals surface area contributed by atoms with E-state index in [4.69, 9.17) is 4.74 Å². The Labute approximate surface area is 125 Å². The highest BCUT2D eigenvalue weighted by Crippen LogP contribution is 2.20. The quantitative estimate of drug-likeness (QED) is 0.795. The number of amides is 1. The van der Waals surface area contributed by atoms with Gasteiger partial charge >= 0.3 is 0 Å². The molecule has 1 aliphatic heterocycles. The molecule has 0 saturated carbocycles. The molecule has 1 amide bonds. The number of hydrogen-bond acceptors (Lipinski definition) is 4. The molecule has 1 aromatic rings. The number of piperazine rings is 1. The van der Waals surface area contributed by atoms with Gasteiger partial charge in [-0.2, -0.15) is 0 Å². The highest BCUT2D eigenvalue weighted by atomic mass is 32.2. The first-order valence-corrected chi connectivity index (χ1v) is 8.10. The molecular weight excluding hydrogens is 272 g/mol. The van der Waals surface area contributed by atoms with Crippen molar-refractivity contribution in [1.29, 1.82) is 0 Å². The first-order valence-electron chi connectivity index (χ1n) is 6.88. The summed E-state index contributed by atoms with van der Waals surface area (Å²) in [6.45, 7) is 5.26. The van der Waals surface area contributed by atoms with E-state index in [0.717, 1.165) is 31.9 Å². The molecule has 2 rings (SSSR count). The normalized spacial score (nSPS) is 17.9. The van der Waals surface area contributed by atoms with E-state index in [2.05, 4.69) is 11.9 Å². The molecule has 1 aliphatic rings. The van der Waals surface area contributed by atoms with Gasteiger partial charge in [-0.3, -0.25) is 4.79 Å². The van der Waals surface area contributed by atoms with E-state index in [0.29, 0.717) is 0 Å². The second-order valence-corrected chi connectivity index (χ2v) is 5.94. The van der Waals surface area contributed by atoms with Gasteiger partial charge in [0.15, 0.2) is 6.10 Å². The van der Waals surface area contributed by atoms with Crippen molar-refractivity contribution < 1.29 is 9.53 Å². The summed E-state index contributed by atoms with van der Waals surface area (Å²) in [4.78, 5) is 17.6. The maximum Gasteiger partial charge on any atom is 0.263 e. The Morgan fingerprint density at radius 3 is 2.35 bits per heavy atom. The topological polar surface area (TPSA) is 32.8 Å². The molecule has 0 spiro atoms. The van der Waals surface area contributed by atoms with Crippen LogP contribution < -0.4 is 4.74 Å². The van der Waals surface area contributed by atoms with Crippen molar-refractivity contribution in [3.8, 4) is 5.75 Å². The maximum absolute atomic E-state index is 12.3. The molecule has 1 aromatic carbocycles. The van der Waals surface area contributed by atoms with E-state index in [9.17, 15) is 4.79 Å². The summed E-state index contributed by atoms with van der Waals surface area (Å²) >= 11 is 1.69. The first-order chi connectivity index (χ1) is 9.60. The fourth-order valence-corrected chi connectivity index (χ4v) is 2.60. The Balaban J connectivity index is 1.89. The van der Waals surface area contributed by atoms with Crippen molar-refractivity contribution in [2.24, 2.45) is 0 Å². The molecule has 4 nitrogen and oxygen atoms in total. The Hall–Kier alpha value is -1.20. The average molecular weight is 294 g/mol. The molecule has 0 bridgehead atoms. The molecule has 0 unspecified atom stereocenters. The largest absolute Gasteiger partial charge is 0.481 e. The van der Waals surface area contributed by atoms with Gasteiger partial charge in [-0.15, -0.1) is 11.8 Å². The minimum atomic E-state index is -0.432. The van der Waals surface area contributed by atoms with Gasteiger partial charge in [-0.1, -0.05) is 0 Å². The van der Waals surface area contributed by atoms with Crippen molar-refractivity contribution in [2.75, 3.05) is 39.5 Å². The van der Waals surface area contributed by atoms with Gasteiger partial charge in [0.1, 0.15) is 5.75 Å². The minimum Gasteiger partial charge on any atom is -0.481 e. The van der Waals surface area contributed by atoms with Crippen molar-refractivity contribution >= 4 is 17.7 Å². The Kier molecular flexibility index (Phi) is 5.31. The molecule has 1 atom stereocenters. The number of thioether (sulfide) groups is 1. The Morgan fingerprint density at radius 1 is 1.20 bits per heavy atom. The molecule has 1 fully saturated rings. The molecular formula is C15H22N2O2S. The Bertz CT molecular complexity index is 442. The molecule has 20 heavy (non-hydrogen) atoms. The van der Waals surface area contributed by atoms with Crippen LogP contribution in [0.15, 0.2) is 29.2 Å². The number of carbonyl (C=O) groups is 1. The van der Waals surface area contributed by atoms with Crippen LogP contribution in [0.2, 0.25) is 0 Å². The smallest absolute Gasteiger partial charge is 0.263 e. The summed E-state index contributed by atoms with van der Waals surface area (Å²) in [5, 5.41) is 0. The summed E-state index contributed by atoms with van der Waals surface area (Å²) in [7, 11) is 2.08. The molecule has 0 N–H and O–H groups in total. The number of benzene rings is 1. The molecule has 1 saturated heterocycles. The SMILES string of the molecule is CSc1ccc(O[C@@H](C)C(=O)N2CCN(C)CC2)cc1. The van der Waals surface area contributed by atoms with E-state index in [1.807, 2.05) is 42.3 Å². The van der Waals surface area contributed by atoms with E-state index in [-0.39, 0.29) is 5.91 Å². The highest BCUT2D eigenvalue weighted by Gasteiger charge is 2.24. The molecule has 1 heterocycles. The third-order valence-corrected chi connectivity index (χ3v) is 4.28. The summed E-state index contributed by atoms with van der Waals surface area (Å²) in [6, 6.07) is 7.85. The zero-order valence-electron chi connectivity index (χ0n) is 12.3.